The number of pyridine rings is 1. The Morgan fingerprint density at radius 3 is 1.93 bits per heavy atom. The predicted octanol–water partition coefficient (Wildman–Crippen LogP) is 5.97. The monoisotopic (exact) mass is 604 g/mol. The Morgan fingerprint density at radius 2 is 1.35 bits per heavy atom. The second-order valence-electron chi connectivity index (χ2n) is 11.4. The molecular weight excluding hydrogens is 572 g/mol. The molecule has 1 saturated heterocycles. The Bertz CT molecular complexity index is 2010. The van der Waals surface area contributed by atoms with Crippen molar-refractivity contribution < 1.29 is 4.74 Å². The molecule has 0 saturated carbocycles. The summed E-state index contributed by atoms with van der Waals surface area (Å²) in [6.45, 7) is 2.94. The number of nitrogens with zero attached hydrogens (tertiary/aromatic N) is 8. The molecule has 1 fully saturated rings. The van der Waals surface area contributed by atoms with Crippen molar-refractivity contribution >= 4 is 16.9 Å². The summed E-state index contributed by atoms with van der Waals surface area (Å²) in [6.07, 6.45) is 7.47. The maximum absolute atomic E-state index is 5.61. The molecule has 0 atom stereocenters. The molecule has 9 nitrogen and oxygen atoms in total. The molecule has 226 valence electrons. The molecule has 0 unspecified atom stereocenters. The van der Waals surface area contributed by atoms with E-state index in [0.717, 1.165) is 63.5 Å². The lowest BCUT2D eigenvalue weighted by molar-refractivity contribution is 0.122. The van der Waals surface area contributed by atoms with Crippen LogP contribution in [0.5, 0.6) is 0 Å². The molecule has 0 aliphatic carbocycles. The highest BCUT2D eigenvalue weighted by atomic mass is 16.5. The minimum absolute atomic E-state index is 0.591. The third-order valence-electron chi connectivity index (χ3n) is 8.63. The Morgan fingerprint density at radius 1 is 0.717 bits per heavy atom. The van der Waals surface area contributed by atoms with Crippen LogP contribution in [0.4, 0.5) is 5.82 Å². The van der Waals surface area contributed by atoms with Crippen LogP contribution in [0.1, 0.15) is 16.7 Å². The molecule has 8 rings (SSSR count). The van der Waals surface area contributed by atoms with Crippen molar-refractivity contribution in [3.63, 3.8) is 0 Å². The number of fused-ring (bicyclic) bond motifs is 1. The highest BCUT2D eigenvalue weighted by Gasteiger charge is 2.41. The number of anilines is 1. The zero-order chi connectivity index (χ0) is 30.9. The molecule has 0 bridgehead atoms. The van der Waals surface area contributed by atoms with Crippen molar-refractivity contribution in [3.8, 4) is 22.6 Å². The van der Waals surface area contributed by atoms with Gasteiger partial charge in [0.1, 0.15) is 28.1 Å². The minimum atomic E-state index is -0.834. The van der Waals surface area contributed by atoms with Gasteiger partial charge < -0.3 is 9.64 Å². The summed E-state index contributed by atoms with van der Waals surface area (Å²) in [4.78, 5) is 17.1. The Kier molecular flexibility index (Phi) is 7.07. The van der Waals surface area contributed by atoms with Crippen LogP contribution in [-0.2, 0) is 17.3 Å². The SMILES string of the molecule is Cn1cc(-c2ncc3c(n2)c(-c2ccnc(N4CCOCC4)c2)nn3C(c2ccccc2)(c2ccccc2)c2ccccc2)cn1. The average molecular weight is 605 g/mol. The van der Waals surface area contributed by atoms with Crippen molar-refractivity contribution in [3.05, 3.63) is 145 Å². The van der Waals surface area contributed by atoms with E-state index in [1.807, 2.05) is 49.9 Å². The molecule has 0 radical (unpaired) electrons. The van der Waals surface area contributed by atoms with Crippen LogP contribution in [0, 0.1) is 0 Å². The summed E-state index contributed by atoms with van der Waals surface area (Å²) in [5, 5.41) is 9.88. The molecule has 4 aromatic heterocycles. The van der Waals surface area contributed by atoms with Crippen LogP contribution in [-0.4, -0.2) is 60.8 Å². The van der Waals surface area contributed by atoms with Gasteiger partial charge in [0, 0.05) is 38.1 Å². The van der Waals surface area contributed by atoms with Crippen LogP contribution in [0.3, 0.4) is 0 Å². The fourth-order valence-corrected chi connectivity index (χ4v) is 6.47. The fourth-order valence-electron chi connectivity index (χ4n) is 6.47. The maximum atomic E-state index is 5.61. The van der Waals surface area contributed by atoms with Gasteiger partial charge in [-0.1, -0.05) is 91.0 Å². The summed E-state index contributed by atoms with van der Waals surface area (Å²) in [6, 6.07) is 35.7. The van der Waals surface area contributed by atoms with Gasteiger partial charge in [-0.2, -0.15) is 10.2 Å². The summed E-state index contributed by atoms with van der Waals surface area (Å²) >= 11 is 0. The third-order valence-corrected chi connectivity index (χ3v) is 8.63. The number of morpholine rings is 1. The molecule has 3 aromatic carbocycles. The van der Waals surface area contributed by atoms with E-state index in [2.05, 4.69) is 93.5 Å². The molecule has 1 aliphatic rings. The number of aromatic nitrogens is 7. The summed E-state index contributed by atoms with van der Waals surface area (Å²) < 4.78 is 9.48. The Labute approximate surface area is 266 Å². The molecule has 0 N–H and O–H groups in total. The van der Waals surface area contributed by atoms with E-state index in [-0.39, 0.29) is 0 Å². The number of ether oxygens (including phenoxy) is 1. The molecule has 9 heteroatoms. The van der Waals surface area contributed by atoms with Crippen LogP contribution < -0.4 is 4.90 Å². The Hall–Kier alpha value is -5.67. The molecule has 0 spiro atoms. The second-order valence-corrected chi connectivity index (χ2v) is 11.4. The van der Waals surface area contributed by atoms with Gasteiger partial charge in [-0.15, -0.1) is 0 Å². The first-order valence-electron chi connectivity index (χ1n) is 15.4. The molecule has 1 aliphatic heterocycles. The van der Waals surface area contributed by atoms with E-state index < -0.39 is 5.54 Å². The number of aryl methyl sites for hydroxylation is 1. The second kappa shape index (κ2) is 11.7. The number of hydrogen-bond donors (Lipinski definition) is 0. The standard InChI is InChI=1S/C37H32N8O/c1-43-26-28(24-40-43)36-39-25-32-35(41-36)34(27-17-18-38-33(23-27)44-19-21-46-22-20-44)42-45(32)37(29-11-5-2-6-12-29,30-13-7-3-8-14-30)31-15-9-4-10-16-31/h2-18,23-26H,19-22H2,1H3. The fraction of sp³-hybridized carbons (Fsp3) is 0.162. The number of rotatable bonds is 7. The van der Waals surface area contributed by atoms with Gasteiger partial charge in [-0.3, -0.25) is 4.68 Å². The van der Waals surface area contributed by atoms with Crippen LogP contribution in [0.15, 0.2) is 128 Å². The lowest BCUT2D eigenvalue weighted by Gasteiger charge is -2.36. The van der Waals surface area contributed by atoms with Gasteiger partial charge in [0.25, 0.3) is 0 Å². The Balaban J connectivity index is 1.45. The van der Waals surface area contributed by atoms with Crippen LogP contribution in [0.2, 0.25) is 0 Å². The first-order chi connectivity index (χ1) is 22.7. The van der Waals surface area contributed by atoms with Crippen molar-refractivity contribution in [1.82, 2.24) is 34.5 Å². The zero-order valence-corrected chi connectivity index (χ0v) is 25.4. The molecule has 0 amide bonds. The van der Waals surface area contributed by atoms with E-state index in [9.17, 15) is 0 Å². The quantitative estimate of drug-likeness (QED) is 0.207. The predicted molar refractivity (Wildman–Crippen MR) is 178 cm³/mol. The minimum Gasteiger partial charge on any atom is -0.378 e. The molecule has 5 heterocycles. The van der Waals surface area contributed by atoms with Crippen LogP contribution >= 0.6 is 0 Å². The summed E-state index contributed by atoms with van der Waals surface area (Å²) in [5.74, 6) is 1.49. The van der Waals surface area contributed by atoms with Crippen LogP contribution in [0.25, 0.3) is 33.7 Å². The zero-order valence-electron chi connectivity index (χ0n) is 25.4. The van der Waals surface area contributed by atoms with Gasteiger partial charge in [-0.05, 0) is 28.8 Å². The van der Waals surface area contributed by atoms with E-state index in [4.69, 9.17) is 24.8 Å². The highest BCUT2D eigenvalue weighted by Crippen LogP contribution is 2.44. The average Bonchev–Trinajstić information content (AvgIpc) is 3.74. The largest absolute Gasteiger partial charge is 0.378 e. The molecule has 46 heavy (non-hydrogen) atoms. The smallest absolute Gasteiger partial charge is 0.163 e. The topological polar surface area (TPSA) is 86.8 Å². The van der Waals surface area contributed by atoms with Crippen molar-refractivity contribution in [2.24, 2.45) is 7.05 Å². The van der Waals surface area contributed by atoms with E-state index >= 15 is 0 Å². The number of hydrogen-bond acceptors (Lipinski definition) is 7. The van der Waals surface area contributed by atoms with Gasteiger partial charge >= 0.3 is 0 Å². The normalized spacial score (nSPS) is 13.7. The molecule has 7 aromatic rings. The van der Waals surface area contributed by atoms with E-state index in [1.54, 1.807) is 10.9 Å². The van der Waals surface area contributed by atoms with Gasteiger partial charge in [0.2, 0.25) is 0 Å². The lowest BCUT2D eigenvalue weighted by Crippen LogP contribution is -2.38. The summed E-state index contributed by atoms with van der Waals surface area (Å²) in [7, 11) is 1.89. The lowest BCUT2D eigenvalue weighted by atomic mass is 9.77. The first kappa shape index (κ1) is 27.8. The number of benzene rings is 3. The van der Waals surface area contributed by atoms with Gasteiger partial charge in [0.15, 0.2) is 5.82 Å². The van der Waals surface area contributed by atoms with Crippen molar-refractivity contribution in [2.75, 3.05) is 31.2 Å². The van der Waals surface area contributed by atoms with E-state index in [1.165, 1.54) is 0 Å². The molecular formula is C37H32N8O. The highest BCUT2D eigenvalue weighted by molar-refractivity contribution is 5.91. The summed E-state index contributed by atoms with van der Waals surface area (Å²) in [5.41, 5.74) is 6.47. The van der Waals surface area contributed by atoms with Gasteiger partial charge in [-0.25, -0.2) is 19.6 Å². The van der Waals surface area contributed by atoms with Crippen molar-refractivity contribution in [1.29, 1.82) is 0 Å². The van der Waals surface area contributed by atoms with Crippen molar-refractivity contribution in [2.45, 2.75) is 5.54 Å². The third kappa shape index (κ3) is 4.72. The van der Waals surface area contributed by atoms with E-state index in [0.29, 0.717) is 19.0 Å². The first-order valence-corrected chi connectivity index (χ1v) is 15.4. The van der Waals surface area contributed by atoms with Gasteiger partial charge in [0.05, 0.1) is 31.2 Å². The maximum Gasteiger partial charge on any atom is 0.163 e.